The van der Waals surface area contributed by atoms with Crippen LogP contribution in [0.4, 0.5) is 10.7 Å². The predicted octanol–water partition coefficient (Wildman–Crippen LogP) is 3.23. The van der Waals surface area contributed by atoms with Crippen LogP contribution in [0.1, 0.15) is 48.8 Å². The lowest BCUT2D eigenvalue weighted by Gasteiger charge is -2.06. The van der Waals surface area contributed by atoms with Gasteiger partial charge < -0.3 is 15.8 Å². The highest BCUT2D eigenvalue weighted by Crippen LogP contribution is 2.35. The van der Waals surface area contributed by atoms with Crippen molar-refractivity contribution in [1.29, 1.82) is 5.26 Å². The van der Waals surface area contributed by atoms with E-state index >= 15 is 0 Å². The molecule has 0 bridgehead atoms. The number of esters is 1. The summed E-state index contributed by atoms with van der Waals surface area (Å²) in [4.78, 5) is 12.0. The molecule has 0 fully saturated rings. The van der Waals surface area contributed by atoms with E-state index in [1.165, 1.54) is 11.3 Å². The largest absolute Gasteiger partial charge is 0.462 e. The minimum Gasteiger partial charge on any atom is -0.462 e. The maximum Gasteiger partial charge on any atom is 0.350 e. The summed E-state index contributed by atoms with van der Waals surface area (Å²) in [6, 6.07) is 2.05. The molecule has 1 heterocycles. The van der Waals surface area contributed by atoms with Crippen molar-refractivity contribution < 1.29 is 9.53 Å². The lowest BCUT2D eigenvalue weighted by molar-refractivity contribution is 0.0533. The molecule has 0 aromatic carbocycles. The number of ether oxygens (including phenoxy) is 1. The Morgan fingerprint density at radius 3 is 2.80 bits per heavy atom. The van der Waals surface area contributed by atoms with Crippen molar-refractivity contribution in [1.82, 2.24) is 0 Å². The first-order valence-electron chi connectivity index (χ1n) is 6.74. The van der Waals surface area contributed by atoms with Gasteiger partial charge in [0.15, 0.2) is 0 Å². The van der Waals surface area contributed by atoms with Gasteiger partial charge in [-0.1, -0.05) is 13.8 Å². The van der Waals surface area contributed by atoms with Crippen molar-refractivity contribution in [2.24, 2.45) is 5.92 Å². The van der Waals surface area contributed by atoms with Crippen LogP contribution in [0.2, 0.25) is 0 Å². The molecule has 3 N–H and O–H groups in total. The number of thiophene rings is 1. The van der Waals surface area contributed by atoms with Gasteiger partial charge in [0.25, 0.3) is 0 Å². The average molecular weight is 295 g/mol. The van der Waals surface area contributed by atoms with Crippen LogP contribution < -0.4 is 11.1 Å². The normalized spacial score (nSPS) is 10.3. The zero-order valence-electron chi connectivity index (χ0n) is 12.2. The van der Waals surface area contributed by atoms with Gasteiger partial charge in [0, 0.05) is 6.54 Å². The van der Waals surface area contributed by atoms with Crippen molar-refractivity contribution in [2.75, 3.05) is 24.2 Å². The molecule has 1 aromatic rings. The number of hydrogen-bond acceptors (Lipinski definition) is 6. The maximum absolute atomic E-state index is 11.7. The van der Waals surface area contributed by atoms with Crippen molar-refractivity contribution in [3.05, 3.63) is 10.4 Å². The highest BCUT2D eigenvalue weighted by molar-refractivity contribution is 7.18. The molecule has 0 unspecified atom stereocenters. The van der Waals surface area contributed by atoms with E-state index in [4.69, 9.17) is 15.7 Å². The molecule has 5 nitrogen and oxygen atoms in total. The fourth-order valence-electron chi connectivity index (χ4n) is 1.74. The van der Waals surface area contributed by atoms with E-state index in [9.17, 15) is 4.79 Å². The molecule has 0 atom stereocenters. The molecule has 1 aromatic heterocycles. The number of nitrogens with two attached hydrogens (primary N) is 1. The number of nitrogens with one attached hydrogen (secondary N) is 1. The van der Waals surface area contributed by atoms with Gasteiger partial charge in [-0.05, 0) is 25.7 Å². The highest BCUT2D eigenvalue weighted by atomic mass is 32.1. The predicted molar refractivity (Wildman–Crippen MR) is 82.0 cm³/mol. The summed E-state index contributed by atoms with van der Waals surface area (Å²) in [5.41, 5.74) is 6.39. The Labute approximate surface area is 123 Å². The third-order valence-electron chi connectivity index (χ3n) is 2.76. The zero-order valence-corrected chi connectivity index (χ0v) is 13.0. The van der Waals surface area contributed by atoms with E-state index < -0.39 is 5.97 Å². The van der Waals surface area contributed by atoms with Crippen LogP contribution in [0, 0.1) is 17.2 Å². The first kappa shape index (κ1) is 16.3. The van der Waals surface area contributed by atoms with E-state index in [1.54, 1.807) is 6.92 Å². The van der Waals surface area contributed by atoms with Crippen LogP contribution in [0.5, 0.6) is 0 Å². The molecule has 0 aliphatic rings. The molecule has 0 radical (unpaired) electrons. The van der Waals surface area contributed by atoms with Gasteiger partial charge in [0.1, 0.15) is 21.5 Å². The summed E-state index contributed by atoms with van der Waals surface area (Å²) >= 11 is 1.18. The van der Waals surface area contributed by atoms with Gasteiger partial charge in [-0.3, -0.25) is 0 Å². The quantitative estimate of drug-likeness (QED) is 0.595. The zero-order chi connectivity index (χ0) is 15.1. The monoisotopic (exact) mass is 295 g/mol. The second-order valence-electron chi connectivity index (χ2n) is 4.84. The number of nitrogen functional groups attached to an aromatic ring is 1. The molecular weight excluding hydrogens is 274 g/mol. The molecule has 20 heavy (non-hydrogen) atoms. The van der Waals surface area contributed by atoms with Gasteiger partial charge in [0.2, 0.25) is 0 Å². The molecule has 0 aliphatic heterocycles. The summed E-state index contributed by atoms with van der Waals surface area (Å²) in [5.74, 6) is 0.178. The number of rotatable bonds is 7. The minimum atomic E-state index is -0.471. The number of nitriles is 1. The third kappa shape index (κ3) is 4.14. The van der Waals surface area contributed by atoms with Gasteiger partial charge >= 0.3 is 5.97 Å². The lowest BCUT2D eigenvalue weighted by atomic mass is 10.1. The summed E-state index contributed by atoms with van der Waals surface area (Å²) in [5, 5.41) is 13.0. The summed E-state index contributed by atoms with van der Waals surface area (Å²) in [6.07, 6.45) is 2.12. The van der Waals surface area contributed by atoms with Crippen LogP contribution in [-0.2, 0) is 4.74 Å². The molecule has 0 spiro atoms. The van der Waals surface area contributed by atoms with E-state index in [0.717, 1.165) is 19.4 Å². The highest BCUT2D eigenvalue weighted by Gasteiger charge is 2.21. The Hall–Kier alpha value is -1.74. The molecule has 6 heteroatoms. The number of anilines is 2. The SMILES string of the molecule is CCOC(=O)c1sc(NCCCC(C)C)c(C#N)c1N. The Morgan fingerprint density at radius 2 is 2.25 bits per heavy atom. The lowest BCUT2D eigenvalue weighted by Crippen LogP contribution is -2.05. The minimum absolute atomic E-state index is 0.210. The Bertz CT molecular complexity index is 503. The first-order valence-corrected chi connectivity index (χ1v) is 7.56. The Morgan fingerprint density at radius 1 is 1.55 bits per heavy atom. The molecule has 0 amide bonds. The van der Waals surface area contributed by atoms with Crippen molar-refractivity contribution in [2.45, 2.75) is 33.6 Å². The van der Waals surface area contributed by atoms with Crippen molar-refractivity contribution in [3.8, 4) is 6.07 Å². The first-order chi connectivity index (χ1) is 9.51. The standard InChI is InChI=1S/C14H21N3O2S/c1-4-19-14(18)12-11(16)10(8-15)13(20-12)17-7-5-6-9(2)3/h9,17H,4-7,16H2,1-3H3. The summed E-state index contributed by atoms with van der Waals surface area (Å²) in [7, 11) is 0. The van der Waals surface area contributed by atoms with Gasteiger partial charge in [0.05, 0.1) is 12.3 Å². The smallest absolute Gasteiger partial charge is 0.350 e. The molecule has 0 aliphatic carbocycles. The fraction of sp³-hybridized carbons (Fsp3) is 0.571. The molecule has 0 saturated heterocycles. The number of hydrogen-bond donors (Lipinski definition) is 2. The van der Waals surface area contributed by atoms with Crippen molar-refractivity contribution >= 4 is 28.0 Å². The Balaban J connectivity index is 2.78. The number of carbonyl (C=O) groups excluding carboxylic acids is 1. The van der Waals surface area contributed by atoms with E-state index in [-0.39, 0.29) is 12.3 Å². The second kappa shape index (κ2) is 7.75. The van der Waals surface area contributed by atoms with Crippen LogP contribution in [0.25, 0.3) is 0 Å². The van der Waals surface area contributed by atoms with Crippen LogP contribution in [-0.4, -0.2) is 19.1 Å². The topological polar surface area (TPSA) is 88.1 Å². The van der Waals surface area contributed by atoms with E-state index in [1.807, 2.05) is 6.07 Å². The third-order valence-corrected chi connectivity index (χ3v) is 3.90. The van der Waals surface area contributed by atoms with Crippen LogP contribution in [0.15, 0.2) is 0 Å². The number of nitrogens with zero attached hydrogens (tertiary/aromatic N) is 1. The van der Waals surface area contributed by atoms with Gasteiger partial charge in [-0.25, -0.2) is 4.79 Å². The van der Waals surface area contributed by atoms with E-state index in [2.05, 4.69) is 19.2 Å². The molecule has 1 rings (SSSR count). The molecule has 110 valence electrons. The van der Waals surface area contributed by atoms with Crippen LogP contribution >= 0.6 is 11.3 Å². The van der Waals surface area contributed by atoms with E-state index in [0.29, 0.717) is 21.4 Å². The summed E-state index contributed by atoms with van der Waals surface area (Å²) in [6.45, 7) is 7.12. The second-order valence-corrected chi connectivity index (χ2v) is 5.86. The Kier molecular flexibility index (Phi) is 6.32. The van der Waals surface area contributed by atoms with Gasteiger partial charge in [-0.2, -0.15) is 5.26 Å². The summed E-state index contributed by atoms with van der Waals surface area (Å²) < 4.78 is 4.93. The molecular formula is C14H21N3O2S. The average Bonchev–Trinajstić information content (AvgIpc) is 2.71. The van der Waals surface area contributed by atoms with Crippen molar-refractivity contribution in [3.63, 3.8) is 0 Å². The van der Waals surface area contributed by atoms with Gasteiger partial charge in [-0.15, -0.1) is 11.3 Å². The number of carbonyl (C=O) groups is 1. The maximum atomic E-state index is 11.7. The molecule has 0 saturated carbocycles. The fourth-order valence-corrected chi connectivity index (χ4v) is 2.73. The van der Waals surface area contributed by atoms with Crippen LogP contribution in [0.3, 0.4) is 0 Å².